The van der Waals surface area contributed by atoms with Gasteiger partial charge in [0.1, 0.15) is 12.6 Å². The van der Waals surface area contributed by atoms with Crippen LogP contribution in [0.1, 0.15) is 22.0 Å². The van der Waals surface area contributed by atoms with Crippen LogP contribution in [0.4, 0.5) is 0 Å². The molecule has 0 spiro atoms. The van der Waals surface area contributed by atoms with Crippen LogP contribution in [0.5, 0.6) is 0 Å². The molecule has 2 atom stereocenters. The van der Waals surface area contributed by atoms with Gasteiger partial charge in [0.2, 0.25) is 0 Å². The van der Waals surface area contributed by atoms with Crippen molar-refractivity contribution in [3.8, 4) is 0 Å². The number of carboxylic acids is 1. The molecule has 0 bridgehead atoms. The van der Waals surface area contributed by atoms with Gasteiger partial charge in [-0.25, -0.2) is 0 Å². The second-order valence-corrected chi connectivity index (χ2v) is 4.09. The maximum atomic E-state index is 11.9. The van der Waals surface area contributed by atoms with Crippen molar-refractivity contribution in [1.82, 2.24) is 5.32 Å². The van der Waals surface area contributed by atoms with Gasteiger partial charge in [-0.1, -0.05) is 23.3 Å². The van der Waals surface area contributed by atoms with Crippen molar-refractivity contribution in [3.63, 3.8) is 0 Å². The predicted molar refractivity (Wildman–Crippen MR) is 71.4 cm³/mol. The standard InChI is InChI=1S/C12H14N4O5/c13-16-15-5-9(17)11(20)7-3-1-2-4-8(7)12(21)14-6-10(18)19/h1-4,9,11,17,20H,5-6H2,(H,14,21)(H,18,19). The quantitative estimate of drug-likeness (QED) is 0.321. The minimum atomic E-state index is -1.44. The first-order valence-electron chi connectivity index (χ1n) is 5.93. The topological polar surface area (TPSA) is 156 Å². The summed E-state index contributed by atoms with van der Waals surface area (Å²) in [5.41, 5.74) is 8.32. The lowest BCUT2D eigenvalue weighted by Crippen LogP contribution is -2.31. The fraction of sp³-hybridized carbons (Fsp3) is 0.333. The second-order valence-electron chi connectivity index (χ2n) is 4.09. The molecule has 0 aliphatic heterocycles. The highest BCUT2D eigenvalue weighted by Gasteiger charge is 2.23. The number of carbonyl (C=O) groups excluding carboxylic acids is 1. The minimum absolute atomic E-state index is 0.0336. The zero-order chi connectivity index (χ0) is 15.8. The Morgan fingerprint density at radius 3 is 2.62 bits per heavy atom. The van der Waals surface area contributed by atoms with Crippen LogP contribution in [0.25, 0.3) is 10.4 Å². The van der Waals surface area contributed by atoms with E-state index in [0.29, 0.717) is 0 Å². The number of aliphatic hydroxyl groups is 2. The summed E-state index contributed by atoms with van der Waals surface area (Å²) in [6.45, 7) is -0.923. The smallest absolute Gasteiger partial charge is 0.322 e. The van der Waals surface area contributed by atoms with E-state index in [1.165, 1.54) is 18.2 Å². The molecule has 0 fully saturated rings. The van der Waals surface area contributed by atoms with Gasteiger partial charge in [-0.3, -0.25) is 9.59 Å². The molecule has 112 valence electrons. The number of amides is 1. The Hall–Kier alpha value is -2.61. The van der Waals surface area contributed by atoms with Crippen molar-refractivity contribution >= 4 is 11.9 Å². The van der Waals surface area contributed by atoms with Crippen LogP contribution in [0, 0.1) is 0 Å². The van der Waals surface area contributed by atoms with Crippen molar-refractivity contribution in [3.05, 3.63) is 45.8 Å². The van der Waals surface area contributed by atoms with Crippen LogP contribution < -0.4 is 5.32 Å². The largest absolute Gasteiger partial charge is 0.480 e. The van der Waals surface area contributed by atoms with E-state index in [2.05, 4.69) is 15.3 Å². The molecule has 2 unspecified atom stereocenters. The monoisotopic (exact) mass is 294 g/mol. The number of nitrogens with zero attached hydrogens (tertiary/aromatic N) is 3. The summed E-state index contributed by atoms with van der Waals surface area (Å²) < 4.78 is 0. The summed E-state index contributed by atoms with van der Waals surface area (Å²) >= 11 is 0. The molecule has 4 N–H and O–H groups in total. The van der Waals surface area contributed by atoms with E-state index in [4.69, 9.17) is 10.6 Å². The molecule has 0 aliphatic rings. The Labute approximate surface area is 119 Å². The fourth-order valence-corrected chi connectivity index (χ4v) is 1.64. The number of rotatable bonds is 7. The molecule has 9 nitrogen and oxygen atoms in total. The first-order chi connectivity index (χ1) is 9.97. The number of aliphatic hydroxyl groups excluding tert-OH is 2. The Morgan fingerprint density at radius 1 is 1.33 bits per heavy atom. The lowest BCUT2D eigenvalue weighted by Gasteiger charge is -2.19. The van der Waals surface area contributed by atoms with Gasteiger partial charge in [0.25, 0.3) is 5.91 Å². The molecule has 1 aromatic rings. The van der Waals surface area contributed by atoms with E-state index < -0.39 is 30.6 Å². The number of carboxylic acid groups (broad SMARTS) is 1. The average Bonchev–Trinajstić information content (AvgIpc) is 2.49. The Kier molecular flexibility index (Phi) is 6.15. The van der Waals surface area contributed by atoms with E-state index in [0.717, 1.165) is 0 Å². The minimum Gasteiger partial charge on any atom is -0.480 e. The highest BCUT2D eigenvalue weighted by Crippen LogP contribution is 2.21. The molecule has 9 heteroatoms. The highest BCUT2D eigenvalue weighted by molar-refractivity contribution is 5.97. The molecule has 0 heterocycles. The number of hydrogen-bond donors (Lipinski definition) is 4. The van der Waals surface area contributed by atoms with Gasteiger partial charge in [-0.15, -0.1) is 0 Å². The Morgan fingerprint density at radius 2 is 2.00 bits per heavy atom. The molecule has 0 aromatic heterocycles. The number of nitrogens with one attached hydrogen (secondary N) is 1. The summed E-state index contributed by atoms with van der Waals surface area (Å²) in [6, 6.07) is 5.88. The number of benzene rings is 1. The third-order valence-corrected chi connectivity index (χ3v) is 2.62. The number of carbonyl (C=O) groups is 2. The van der Waals surface area contributed by atoms with E-state index in [1.807, 2.05) is 0 Å². The van der Waals surface area contributed by atoms with E-state index >= 15 is 0 Å². The zero-order valence-corrected chi connectivity index (χ0v) is 10.9. The second kappa shape index (κ2) is 7.85. The van der Waals surface area contributed by atoms with Crippen LogP contribution in [0.3, 0.4) is 0 Å². The first kappa shape index (κ1) is 16.4. The fourth-order valence-electron chi connectivity index (χ4n) is 1.64. The van der Waals surface area contributed by atoms with Gasteiger partial charge in [0.15, 0.2) is 0 Å². The van der Waals surface area contributed by atoms with Gasteiger partial charge >= 0.3 is 5.97 Å². The van der Waals surface area contributed by atoms with E-state index in [1.54, 1.807) is 6.07 Å². The van der Waals surface area contributed by atoms with Crippen LogP contribution in [-0.2, 0) is 4.79 Å². The number of hydrogen-bond acceptors (Lipinski definition) is 5. The van der Waals surface area contributed by atoms with Crippen molar-refractivity contribution in [2.75, 3.05) is 13.1 Å². The van der Waals surface area contributed by atoms with Crippen molar-refractivity contribution in [1.29, 1.82) is 0 Å². The highest BCUT2D eigenvalue weighted by atomic mass is 16.4. The molecule has 21 heavy (non-hydrogen) atoms. The maximum absolute atomic E-state index is 11.9. The normalized spacial score (nSPS) is 12.9. The predicted octanol–water partition coefficient (Wildman–Crippen LogP) is 0.206. The number of azide groups is 1. The summed E-state index contributed by atoms with van der Waals surface area (Å²) in [6.07, 6.45) is -2.82. The average molecular weight is 294 g/mol. The summed E-state index contributed by atoms with van der Waals surface area (Å²) in [5, 5.41) is 33.5. The summed E-state index contributed by atoms with van der Waals surface area (Å²) in [5.74, 6) is -1.90. The summed E-state index contributed by atoms with van der Waals surface area (Å²) in [7, 11) is 0. The van der Waals surface area contributed by atoms with Gasteiger partial charge in [-0.2, -0.15) is 0 Å². The third kappa shape index (κ3) is 4.77. The van der Waals surface area contributed by atoms with Crippen LogP contribution in [0.2, 0.25) is 0 Å². The first-order valence-corrected chi connectivity index (χ1v) is 5.93. The lowest BCUT2D eigenvalue weighted by atomic mass is 9.98. The van der Waals surface area contributed by atoms with Crippen molar-refractivity contribution in [2.45, 2.75) is 12.2 Å². The van der Waals surface area contributed by atoms with E-state index in [-0.39, 0.29) is 17.7 Å². The van der Waals surface area contributed by atoms with Gasteiger partial charge in [0, 0.05) is 10.5 Å². The molecule has 1 rings (SSSR count). The van der Waals surface area contributed by atoms with Crippen LogP contribution >= 0.6 is 0 Å². The molecule has 0 radical (unpaired) electrons. The Bertz CT molecular complexity index is 571. The molecule has 0 aliphatic carbocycles. The SMILES string of the molecule is [N-]=[N+]=NCC(O)C(O)c1ccccc1C(=O)NCC(=O)O. The summed E-state index contributed by atoms with van der Waals surface area (Å²) in [4.78, 5) is 24.8. The van der Waals surface area contributed by atoms with Crippen LogP contribution in [-0.4, -0.2) is 46.4 Å². The van der Waals surface area contributed by atoms with Gasteiger partial charge < -0.3 is 20.6 Å². The molecular weight excluding hydrogens is 280 g/mol. The molecule has 0 saturated carbocycles. The molecular formula is C12H14N4O5. The number of aliphatic carboxylic acids is 1. The molecule has 1 aromatic carbocycles. The van der Waals surface area contributed by atoms with E-state index in [9.17, 15) is 19.8 Å². The maximum Gasteiger partial charge on any atom is 0.322 e. The third-order valence-electron chi connectivity index (χ3n) is 2.62. The molecule has 1 amide bonds. The Balaban J connectivity index is 2.94. The van der Waals surface area contributed by atoms with Gasteiger partial charge in [-0.05, 0) is 17.2 Å². The van der Waals surface area contributed by atoms with Gasteiger partial charge in [0.05, 0.1) is 12.6 Å². The van der Waals surface area contributed by atoms with Crippen LogP contribution in [0.15, 0.2) is 29.4 Å². The molecule has 0 saturated heterocycles. The van der Waals surface area contributed by atoms with Crippen molar-refractivity contribution < 1.29 is 24.9 Å². The van der Waals surface area contributed by atoms with Crippen molar-refractivity contribution in [2.24, 2.45) is 5.11 Å². The lowest BCUT2D eigenvalue weighted by molar-refractivity contribution is -0.135. The zero-order valence-electron chi connectivity index (χ0n) is 10.9.